The monoisotopic (exact) mass is 333 g/mol. The van der Waals surface area contributed by atoms with Gasteiger partial charge in [-0.3, -0.25) is 10.1 Å². The summed E-state index contributed by atoms with van der Waals surface area (Å²) in [4.78, 5) is 30.3. The molecule has 1 aliphatic carbocycles. The highest BCUT2D eigenvalue weighted by Crippen LogP contribution is 2.27. The largest absolute Gasteiger partial charge is 0.294 e. The Morgan fingerprint density at radius 2 is 1.68 bits per heavy atom. The summed E-state index contributed by atoms with van der Waals surface area (Å²) in [6.45, 7) is 5.88. The normalized spacial score (nSPS) is 16.8. The first kappa shape index (κ1) is 15.6. The fourth-order valence-corrected chi connectivity index (χ4v) is 3.41. The molecule has 4 rings (SSSR count). The van der Waals surface area contributed by atoms with Crippen LogP contribution in [0.25, 0.3) is 10.9 Å². The molecule has 2 aromatic heterocycles. The van der Waals surface area contributed by atoms with Crippen molar-refractivity contribution in [1.29, 1.82) is 0 Å². The van der Waals surface area contributed by atoms with Gasteiger partial charge in [0.15, 0.2) is 5.78 Å². The van der Waals surface area contributed by atoms with E-state index < -0.39 is 0 Å². The molecular weight excluding hydrogens is 314 g/mol. The average Bonchev–Trinajstić information content (AvgIpc) is 2.53. The van der Waals surface area contributed by atoms with Gasteiger partial charge in [-0.05, 0) is 32.3 Å². The third-order valence-electron chi connectivity index (χ3n) is 4.54. The van der Waals surface area contributed by atoms with Gasteiger partial charge in [-0.2, -0.15) is 0 Å². The number of rotatable bonds is 2. The molecule has 1 aliphatic rings. The second-order valence-electron chi connectivity index (χ2n) is 6.67. The van der Waals surface area contributed by atoms with Gasteiger partial charge in [-0.15, -0.1) is 0 Å². The predicted molar refractivity (Wildman–Crippen MR) is 96.1 cm³/mol. The molecule has 0 fully saturated rings. The molecule has 0 bridgehead atoms. The maximum absolute atomic E-state index is 12.3. The van der Waals surface area contributed by atoms with E-state index in [4.69, 9.17) is 0 Å². The van der Waals surface area contributed by atoms with Crippen LogP contribution in [0.2, 0.25) is 0 Å². The van der Waals surface area contributed by atoms with Crippen molar-refractivity contribution in [3.63, 3.8) is 0 Å². The number of carbonyl (C=O) groups is 1. The number of nitrogens with one attached hydrogen (secondary N) is 1. The Hall–Kier alpha value is -2.89. The van der Waals surface area contributed by atoms with Crippen LogP contribution >= 0.6 is 0 Å². The van der Waals surface area contributed by atoms with Crippen molar-refractivity contribution in [2.45, 2.75) is 33.6 Å². The molecule has 0 spiro atoms. The Morgan fingerprint density at radius 1 is 0.960 bits per heavy atom. The van der Waals surface area contributed by atoms with E-state index in [1.807, 2.05) is 38.1 Å². The fraction of sp³-hybridized carbons (Fsp3) is 0.316. The van der Waals surface area contributed by atoms with Crippen molar-refractivity contribution in [2.75, 3.05) is 5.32 Å². The summed E-state index contributed by atoms with van der Waals surface area (Å²) in [6.07, 6.45) is 1.35. The SMILES string of the molecule is Cc1nc(Nc2nc(C)c3ccccc3n2)nc2c1C(=O)CC(C)C2. The third kappa shape index (κ3) is 2.84. The molecule has 0 aliphatic heterocycles. The van der Waals surface area contributed by atoms with Crippen molar-refractivity contribution in [3.05, 3.63) is 46.9 Å². The first-order valence-corrected chi connectivity index (χ1v) is 8.42. The van der Waals surface area contributed by atoms with E-state index in [0.717, 1.165) is 28.7 Å². The summed E-state index contributed by atoms with van der Waals surface area (Å²) in [5, 5.41) is 4.12. The number of Topliss-reactive ketones (excluding diaryl/α,β-unsaturated/α-hetero) is 1. The summed E-state index contributed by atoms with van der Waals surface area (Å²) in [7, 11) is 0. The van der Waals surface area contributed by atoms with Crippen molar-refractivity contribution in [1.82, 2.24) is 19.9 Å². The Morgan fingerprint density at radius 3 is 2.52 bits per heavy atom. The zero-order chi connectivity index (χ0) is 17.6. The minimum atomic E-state index is 0.135. The van der Waals surface area contributed by atoms with Gasteiger partial charge in [0, 0.05) is 11.8 Å². The Kier molecular flexibility index (Phi) is 3.67. The van der Waals surface area contributed by atoms with Crippen LogP contribution in [-0.4, -0.2) is 25.7 Å². The van der Waals surface area contributed by atoms with E-state index >= 15 is 0 Å². The number of aromatic nitrogens is 4. The molecule has 25 heavy (non-hydrogen) atoms. The van der Waals surface area contributed by atoms with E-state index in [0.29, 0.717) is 35.5 Å². The molecule has 0 amide bonds. The highest BCUT2D eigenvalue weighted by atomic mass is 16.1. The predicted octanol–water partition coefficient (Wildman–Crippen LogP) is 3.55. The first-order chi connectivity index (χ1) is 12.0. The van der Waals surface area contributed by atoms with E-state index in [-0.39, 0.29) is 5.78 Å². The number of hydrogen-bond acceptors (Lipinski definition) is 6. The number of fused-ring (bicyclic) bond motifs is 2. The van der Waals surface area contributed by atoms with Gasteiger partial charge in [0.2, 0.25) is 11.9 Å². The molecule has 1 unspecified atom stereocenters. The van der Waals surface area contributed by atoms with Crippen LogP contribution in [0.5, 0.6) is 0 Å². The molecule has 0 saturated carbocycles. The Bertz CT molecular complexity index is 999. The summed E-state index contributed by atoms with van der Waals surface area (Å²) in [5.41, 5.74) is 3.97. The van der Waals surface area contributed by atoms with Gasteiger partial charge >= 0.3 is 0 Å². The molecule has 6 nitrogen and oxygen atoms in total. The molecule has 1 atom stereocenters. The number of anilines is 2. The van der Waals surface area contributed by atoms with Crippen LogP contribution in [-0.2, 0) is 6.42 Å². The van der Waals surface area contributed by atoms with Gasteiger partial charge in [0.05, 0.1) is 28.2 Å². The zero-order valence-electron chi connectivity index (χ0n) is 14.5. The standard InChI is InChI=1S/C19H19N5O/c1-10-8-15-17(16(25)9-10)12(3)21-19(23-15)24-18-20-11(2)13-6-4-5-7-14(13)22-18/h4-7,10H,8-9H2,1-3H3,(H,20,21,22,23,24). The third-order valence-corrected chi connectivity index (χ3v) is 4.54. The van der Waals surface area contributed by atoms with Gasteiger partial charge in [0.25, 0.3) is 0 Å². The van der Waals surface area contributed by atoms with Crippen molar-refractivity contribution in [2.24, 2.45) is 5.92 Å². The van der Waals surface area contributed by atoms with E-state index in [2.05, 4.69) is 32.2 Å². The lowest BCUT2D eigenvalue weighted by Crippen LogP contribution is -2.22. The zero-order valence-corrected chi connectivity index (χ0v) is 14.5. The van der Waals surface area contributed by atoms with Crippen molar-refractivity contribution >= 4 is 28.6 Å². The Labute approximate surface area is 145 Å². The van der Waals surface area contributed by atoms with Crippen LogP contribution < -0.4 is 5.32 Å². The minimum Gasteiger partial charge on any atom is -0.294 e. The number of ketones is 1. The number of benzene rings is 1. The summed E-state index contributed by atoms with van der Waals surface area (Å²) < 4.78 is 0. The van der Waals surface area contributed by atoms with E-state index in [1.54, 1.807) is 0 Å². The lowest BCUT2D eigenvalue weighted by Gasteiger charge is -2.21. The number of hydrogen-bond donors (Lipinski definition) is 1. The molecule has 1 N–H and O–H groups in total. The maximum atomic E-state index is 12.3. The Balaban J connectivity index is 1.73. The lowest BCUT2D eigenvalue weighted by atomic mass is 9.86. The lowest BCUT2D eigenvalue weighted by molar-refractivity contribution is 0.0951. The highest BCUT2D eigenvalue weighted by Gasteiger charge is 2.26. The number of para-hydroxylation sites is 1. The van der Waals surface area contributed by atoms with Crippen LogP contribution in [0, 0.1) is 19.8 Å². The quantitative estimate of drug-likeness (QED) is 0.772. The second kappa shape index (κ2) is 5.88. The van der Waals surface area contributed by atoms with Crippen LogP contribution in [0.3, 0.4) is 0 Å². The molecule has 1 aromatic carbocycles. The molecular formula is C19H19N5O. The number of carbonyl (C=O) groups excluding carboxylic acids is 1. The van der Waals surface area contributed by atoms with Gasteiger partial charge in [-0.25, -0.2) is 19.9 Å². The summed E-state index contributed by atoms with van der Waals surface area (Å²) in [5.74, 6) is 1.34. The molecule has 6 heteroatoms. The van der Waals surface area contributed by atoms with Gasteiger partial charge in [0.1, 0.15) is 0 Å². The topological polar surface area (TPSA) is 80.7 Å². The van der Waals surface area contributed by atoms with Crippen LogP contribution in [0.1, 0.15) is 40.8 Å². The molecule has 2 heterocycles. The second-order valence-corrected chi connectivity index (χ2v) is 6.67. The molecule has 3 aromatic rings. The summed E-state index contributed by atoms with van der Waals surface area (Å²) >= 11 is 0. The van der Waals surface area contributed by atoms with Gasteiger partial charge < -0.3 is 0 Å². The number of nitrogens with zero attached hydrogens (tertiary/aromatic N) is 4. The smallest absolute Gasteiger partial charge is 0.230 e. The van der Waals surface area contributed by atoms with Crippen LogP contribution in [0.4, 0.5) is 11.9 Å². The maximum Gasteiger partial charge on any atom is 0.230 e. The van der Waals surface area contributed by atoms with Crippen molar-refractivity contribution in [3.8, 4) is 0 Å². The van der Waals surface area contributed by atoms with Gasteiger partial charge in [-0.1, -0.05) is 25.1 Å². The molecule has 0 radical (unpaired) electrons. The number of aryl methyl sites for hydroxylation is 2. The average molecular weight is 333 g/mol. The molecule has 126 valence electrons. The highest BCUT2D eigenvalue weighted by molar-refractivity contribution is 5.99. The molecule has 0 saturated heterocycles. The van der Waals surface area contributed by atoms with Crippen LogP contribution in [0.15, 0.2) is 24.3 Å². The van der Waals surface area contributed by atoms with Crippen molar-refractivity contribution < 1.29 is 4.79 Å². The van der Waals surface area contributed by atoms with E-state index in [1.165, 1.54) is 0 Å². The first-order valence-electron chi connectivity index (χ1n) is 8.42. The van der Waals surface area contributed by atoms with E-state index in [9.17, 15) is 4.79 Å². The summed E-state index contributed by atoms with van der Waals surface area (Å²) in [6, 6.07) is 7.88. The fourth-order valence-electron chi connectivity index (χ4n) is 3.41. The minimum absolute atomic E-state index is 0.135.